The lowest BCUT2D eigenvalue weighted by molar-refractivity contribution is -0.130. The van der Waals surface area contributed by atoms with Crippen LogP contribution in [0.4, 0.5) is 0 Å². The van der Waals surface area contributed by atoms with Crippen LogP contribution in [-0.4, -0.2) is 62.2 Å². The number of nitrogens with zero attached hydrogens (tertiary/aromatic N) is 2. The molecule has 150 valence electrons. The molecule has 0 radical (unpaired) electrons. The summed E-state index contributed by atoms with van der Waals surface area (Å²) in [7, 11) is 0. The van der Waals surface area contributed by atoms with Crippen LogP contribution in [0.2, 0.25) is 0 Å². The van der Waals surface area contributed by atoms with E-state index in [0.717, 1.165) is 77.4 Å². The molecule has 26 heavy (non-hydrogen) atoms. The normalized spacial score (nSPS) is 19.7. The number of carbonyl (C=O) groups is 1. The van der Waals surface area contributed by atoms with Gasteiger partial charge in [-0.1, -0.05) is 19.3 Å². The Hall–Kier alpha value is -1.30. The van der Waals surface area contributed by atoms with Gasteiger partial charge in [-0.15, -0.1) is 0 Å². The summed E-state index contributed by atoms with van der Waals surface area (Å²) in [6, 6.07) is 0. The van der Waals surface area contributed by atoms with Crippen LogP contribution in [0, 0.1) is 0 Å². The van der Waals surface area contributed by atoms with Gasteiger partial charge in [-0.3, -0.25) is 9.79 Å². The summed E-state index contributed by atoms with van der Waals surface area (Å²) >= 11 is 0. The molecule has 2 rings (SSSR count). The quantitative estimate of drug-likeness (QED) is 0.354. The molecule has 0 aromatic carbocycles. The summed E-state index contributed by atoms with van der Waals surface area (Å²) in [5, 5.41) is 6.67. The number of likely N-dealkylation sites (tertiary alicyclic amines) is 1. The molecule has 0 bridgehead atoms. The molecule has 1 aliphatic heterocycles. The van der Waals surface area contributed by atoms with Gasteiger partial charge >= 0.3 is 0 Å². The lowest BCUT2D eigenvalue weighted by atomic mass is 10.2. The van der Waals surface area contributed by atoms with Crippen molar-refractivity contribution < 1.29 is 9.53 Å². The van der Waals surface area contributed by atoms with Crippen LogP contribution >= 0.6 is 0 Å². The Kier molecular flexibility index (Phi) is 10.5. The van der Waals surface area contributed by atoms with Crippen molar-refractivity contribution >= 4 is 11.9 Å². The summed E-state index contributed by atoms with van der Waals surface area (Å²) in [6.45, 7) is 7.14. The van der Waals surface area contributed by atoms with Crippen molar-refractivity contribution in [1.29, 1.82) is 0 Å². The molecule has 0 spiro atoms. The van der Waals surface area contributed by atoms with Crippen molar-refractivity contribution in [2.75, 3.05) is 39.3 Å². The Bertz CT molecular complexity index is 422. The Labute approximate surface area is 159 Å². The van der Waals surface area contributed by atoms with Gasteiger partial charge in [0.15, 0.2) is 5.96 Å². The minimum absolute atomic E-state index is 0.318. The SMILES string of the molecule is CCNC(=NCCCN1CCCCCC1=O)NCCCOC1CCCC1. The molecular weight excluding hydrogens is 328 g/mol. The van der Waals surface area contributed by atoms with Gasteiger partial charge in [-0.25, -0.2) is 0 Å². The average Bonchev–Trinajstić information content (AvgIpc) is 3.07. The molecule has 0 unspecified atom stereocenters. The standard InChI is InChI=1S/C20H38N4O2/c1-2-21-20(23-14-9-17-26-18-10-5-6-11-18)22-13-8-16-24-15-7-3-4-12-19(24)25/h18H,2-17H2,1H3,(H2,21,22,23). The maximum Gasteiger partial charge on any atom is 0.222 e. The number of amides is 1. The van der Waals surface area contributed by atoms with E-state index in [0.29, 0.717) is 12.0 Å². The fourth-order valence-corrected chi connectivity index (χ4v) is 3.65. The molecule has 2 fully saturated rings. The zero-order chi connectivity index (χ0) is 18.5. The van der Waals surface area contributed by atoms with E-state index in [9.17, 15) is 4.79 Å². The molecule has 0 aromatic heterocycles. The molecule has 6 heteroatoms. The third-order valence-corrected chi connectivity index (χ3v) is 5.14. The van der Waals surface area contributed by atoms with Gasteiger partial charge in [0.05, 0.1) is 6.10 Å². The minimum atomic E-state index is 0.318. The number of guanidine groups is 1. The number of hydrogen-bond donors (Lipinski definition) is 2. The number of rotatable bonds is 10. The third kappa shape index (κ3) is 8.39. The second-order valence-electron chi connectivity index (χ2n) is 7.36. The highest BCUT2D eigenvalue weighted by Gasteiger charge is 2.16. The molecule has 1 saturated heterocycles. The smallest absolute Gasteiger partial charge is 0.222 e. The molecule has 2 aliphatic rings. The Morgan fingerprint density at radius 3 is 2.81 bits per heavy atom. The Morgan fingerprint density at radius 1 is 1.15 bits per heavy atom. The lowest BCUT2D eigenvalue weighted by Gasteiger charge is -2.20. The summed E-state index contributed by atoms with van der Waals surface area (Å²) < 4.78 is 5.89. The van der Waals surface area contributed by atoms with Crippen molar-refractivity contribution in [2.24, 2.45) is 4.99 Å². The van der Waals surface area contributed by atoms with Crippen molar-refractivity contribution in [3.63, 3.8) is 0 Å². The van der Waals surface area contributed by atoms with Crippen LogP contribution in [0.15, 0.2) is 4.99 Å². The second kappa shape index (κ2) is 13.0. The molecule has 6 nitrogen and oxygen atoms in total. The first-order valence-corrected chi connectivity index (χ1v) is 10.7. The second-order valence-corrected chi connectivity index (χ2v) is 7.36. The van der Waals surface area contributed by atoms with E-state index in [2.05, 4.69) is 22.5 Å². The number of aliphatic imine (C=N–C) groups is 1. The van der Waals surface area contributed by atoms with E-state index in [1.54, 1.807) is 0 Å². The lowest BCUT2D eigenvalue weighted by Crippen LogP contribution is -2.38. The van der Waals surface area contributed by atoms with E-state index in [1.165, 1.54) is 32.1 Å². The van der Waals surface area contributed by atoms with Crippen LogP contribution < -0.4 is 10.6 Å². The molecule has 0 aromatic rings. The highest BCUT2D eigenvalue weighted by Crippen LogP contribution is 2.20. The van der Waals surface area contributed by atoms with Gasteiger partial charge in [0, 0.05) is 45.8 Å². The fraction of sp³-hybridized carbons (Fsp3) is 0.900. The van der Waals surface area contributed by atoms with Crippen molar-refractivity contribution in [1.82, 2.24) is 15.5 Å². The molecule has 1 heterocycles. The third-order valence-electron chi connectivity index (χ3n) is 5.14. The van der Waals surface area contributed by atoms with E-state index < -0.39 is 0 Å². The monoisotopic (exact) mass is 366 g/mol. The van der Waals surface area contributed by atoms with Crippen LogP contribution in [0.25, 0.3) is 0 Å². The van der Waals surface area contributed by atoms with Crippen molar-refractivity contribution in [3.8, 4) is 0 Å². The van der Waals surface area contributed by atoms with Crippen LogP contribution in [-0.2, 0) is 9.53 Å². The zero-order valence-electron chi connectivity index (χ0n) is 16.6. The van der Waals surface area contributed by atoms with Crippen molar-refractivity contribution in [3.05, 3.63) is 0 Å². The molecule has 1 aliphatic carbocycles. The van der Waals surface area contributed by atoms with E-state index in [1.807, 2.05) is 4.90 Å². The first-order chi connectivity index (χ1) is 12.8. The van der Waals surface area contributed by atoms with Gasteiger partial charge in [-0.05, 0) is 45.4 Å². The largest absolute Gasteiger partial charge is 0.378 e. The highest BCUT2D eigenvalue weighted by atomic mass is 16.5. The molecule has 1 amide bonds. The zero-order valence-corrected chi connectivity index (χ0v) is 16.6. The number of carbonyl (C=O) groups excluding carboxylic acids is 1. The van der Waals surface area contributed by atoms with Gasteiger partial charge in [0.1, 0.15) is 0 Å². The van der Waals surface area contributed by atoms with Gasteiger partial charge in [-0.2, -0.15) is 0 Å². The van der Waals surface area contributed by atoms with Gasteiger partial charge < -0.3 is 20.3 Å². The predicted molar refractivity (Wildman–Crippen MR) is 106 cm³/mol. The predicted octanol–water partition coefficient (Wildman–Crippen LogP) is 2.68. The van der Waals surface area contributed by atoms with Crippen LogP contribution in [0.3, 0.4) is 0 Å². The van der Waals surface area contributed by atoms with Crippen LogP contribution in [0.5, 0.6) is 0 Å². The number of ether oxygens (including phenoxy) is 1. The van der Waals surface area contributed by atoms with Crippen LogP contribution in [0.1, 0.15) is 71.1 Å². The number of hydrogen-bond acceptors (Lipinski definition) is 3. The van der Waals surface area contributed by atoms with E-state index in [4.69, 9.17) is 4.74 Å². The summed E-state index contributed by atoms with van der Waals surface area (Å²) in [5.41, 5.74) is 0. The molecular formula is C20H38N4O2. The topological polar surface area (TPSA) is 66.0 Å². The number of nitrogens with one attached hydrogen (secondary N) is 2. The maximum atomic E-state index is 12.0. The Balaban J connectivity index is 1.58. The van der Waals surface area contributed by atoms with E-state index in [-0.39, 0.29) is 0 Å². The van der Waals surface area contributed by atoms with E-state index >= 15 is 0 Å². The minimum Gasteiger partial charge on any atom is -0.378 e. The molecule has 2 N–H and O–H groups in total. The molecule has 0 atom stereocenters. The average molecular weight is 367 g/mol. The first-order valence-electron chi connectivity index (χ1n) is 10.7. The Morgan fingerprint density at radius 2 is 2.00 bits per heavy atom. The maximum absolute atomic E-state index is 12.0. The summed E-state index contributed by atoms with van der Waals surface area (Å²) in [5.74, 6) is 1.19. The van der Waals surface area contributed by atoms with Gasteiger partial charge in [0.25, 0.3) is 0 Å². The summed E-state index contributed by atoms with van der Waals surface area (Å²) in [4.78, 5) is 18.7. The molecule has 1 saturated carbocycles. The highest BCUT2D eigenvalue weighted by molar-refractivity contribution is 5.79. The first kappa shape index (κ1) is 21.0. The summed E-state index contributed by atoms with van der Waals surface area (Å²) in [6.07, 6.45) is 11.6. The fourth-order valence-electron chi connectivity index (χ4n) is 3.65. The van der Waals surface area contributed by atoms with Gasteiger partial charge in [0.2, 0.25) is 5.91 Å². The van der Waals surface area contributed by atoms with Crippen molar-refractivity contribution in [2.45, 2.75) is 77.2 Å².